The minimum Gasteiger partial charge on any atom is -0.389 e. The number of rotatable bonds is 5. The summed E-state index contributed by atoms with van der Waals surface area (Å²) < 4.78 is 26.5. The van der Waals surface area contributed by atoms with Gasteiger partial charge in [0, 0.05) is 5.56 Å². The van der Waals surface area contributed by atoms with Gasteiger partial charge in [0.05, 0.1) is 16.5 Å². The third-order valence-corrected chi connectivity index (χ3v) is 4.46. The SMILES string of the molecule is CC(C)(C)CCS(=O)(=O)Nc1ccc(C(N)=S)cc1Cl. The highest BCUT2D eigenvalue weighted by atomic mass is 35.5. The molecule has 0 spiro atoms. The van der Waals surface area contributed by atoms with E-state index in [4.69, 9.17) is 29.6 Å². The van der Waals surface area contributed by atoms with Crippen molar-refractivity contribution in [3.05, 3.63) is 28.8 Å². The quantitative estimate of drug-likeness (QED) is 0.811. The van der Waals surface area contributed by atoms with Crippen LogP contribution in [0, 0.1) is 5.41 Å². The van der Waals surface area contributed by atoms with Gasteiger partial charge in [-0.3, -0.25) is 4.72 Å². The van der Waals surface area contributed by atoms with Gasteiger partial charge in [0.1, 0.15) is 4.99 Å². The Morgan fingerprint density at radius 1 is 1.40 bits per heavy atom. The molecule has 0 amide bonds. The molecule has 0 atom stereocenters. The minimum atomic E-state index is -3.42. The molecule has 0 heterocycles. The van der Waals surface area contributed by atoms with E-state index < -0.39 is 10.0 Å². The fourth-order valence-electron chi connectivity index (χ4n) is 1.41. The molecule has 112 valence electrons. The second-order valence-electron chi connectivity index (χ2n) is 5.79. The van der Waals surface area contributed by atoms with E-state index in [1.807, 2.05) is 20.8 Å². The van der Waals surface area contributed by atoms with Crippen molar-refractivity contribution in [1.82, 2.24) is 0 Å². The van der Waals surface area contributed by atoms with Crippen LogP contribution in [0.4, 0.5) is 5.69 Å². The Balaban J connectivity index is 2.85. The van der Waals surface area contributed by atoms with Gasteiger partial charge in [-0.2, -0.15) is 0 Å². The van der Waals surface area contributed by atoms with Crippen LogP contribution in [0.2, 0.25) is 5.02 Å². The molecule has 0 unspecified atom stereocenters. The summed E-state index contributed by atoms with van der Waals surface area (Å²) in [6, 6.07) is 4.74. The summed E-state index contributed by atoms with van der Waals surface area (Å²) in [6.07, 6.45) is 0.560. The summed E-state index contributed by atoms with van der Waals surface area (Å²) in [4.78, 5) is 0.217. The van der Waals surface area contributed by atoms with Gasteiger partial charge in [-0.15, -0.1) is 0 Å². The standard InChI is InChI=1S/C13H19ClN2O2S2/c1-13(2,3)6-7-20(17,18)16-11-5-4-9(12(15)19)8-10(11)14/h4-5,8,16H,6-7H2,1-3H3,(H2,15,19). The molecule has 0 aliphatic carbocycles. The number of benzene rings is 1. The molecular weight excluding hydrogens is 316 g/mol. The summed E-state index contributed by atoms with van der Waals surface area (Å²) in [5.74, 6) is 0.0455. The van der Waals surface area contributed by atoms with Gasteiger partial charge in [0.25, 0.3) is 0 Å². The monoisotopic (exact) mass is 334 g/mol. The van der Waals surface area contributed by atoms with Crippen molar-refractivity contribution in [2.24, 2.45) is 11.1 Å². The maximum Gasteiger partial charge on any atom is 0.232 e. The highest BCUT2D eigenvalue weighted by molar-refractivity contribution is 7.92. The topological polar surface area (TPSA) is 72.2 Å². The first kappa shape index (κ1) is 17.2. The lowest BCUT2D eigenvalue weighted by molar-refractivity contribution is 0.397. The predicted octanol–water partition coefficient (Wildman–Crippen LogP) is 3.15. The molecule has 0 aliphatic heterocycles. The number of hydrogen-bond acceptors (Lipinski definition) is 3. The van der Waals surface area contributed by atoms with E-state index >= 15 is 0 Å². The van der Waals surface area contributed by atoms with Gasteiger partial charge in [0.2, 0.25) is 10.0 Å². The van der Waals surface area contributed by atoms with Crippen LogP contribution in [0.25, 0.3) is 0 Å². The molecule has 0 aliphatic rings. The van der Waals surface area contributed by atoms with Crippen LogP contribution in [0.15, 0.2) is 18.2 Å². The first-order chi connectivity index (χ1) is 9.00. The van der Waals surface area contributed by atoms with Crippen molar-refractivity contribution in [3.8, 4) is 0 Å². The lowest BCUT2D eigenvalue weighted by Crippen LogP contribution is -2.21. The highest BCUT2D eigenvalue weighted by Gasteiger charge is 2.18. The van der Waals surface area contributed by atoms with Gasteiger partial charge >= 0.3 is 0 Å². The molecule has 3 N–H and O–H groups in total. The van der Waals surface area contributed by atoms with Gasteiger partial charge in [0.15, 0.2) is 0 Å². The van der Waals surface area contributed by atoms with E-state index in [9.17, 15) is 8.42 Å². The van der Waals surface area contributed by atoms with E-state index in [0.717, 1.165) is 0 Å². The van der Waals surface area contributed by atoms with Crippen LogP contribution in [0.5, 0.6) is 0 Å². The van der Waals surface area contributed by atoms with Crippen molar-refractivity contribution in [2.75, 3.05) is 10.5 Å². The van der Waals surface area contributed by atoms with E-state index in [-0.39, 0.29) is 21.2 Å². The van der Waals surface area contributed by atoms with Gasteiger partial charge < -0.3 is 5.73 Å². The van der Waals surface area contributed by atoms with Crippen molar-refractivity contribution in [2.45, 2.75) is 27.2 Å². The third kappa shape index (κ3) is 5.64. The van der Waals surface area contributed by atoms with Crippen molar-refractivity contribution in [1.29, 1.82) is 0 Å². The summed E-state index contributed by atoms with van der Waals surface area (Å²) >= 11 is 10.9. The Kier molecular flexibility index (Phi) is 5.40. The molecule has 0 saturated carbocycles. The summed E-state index contributed by atoms with van der Waals surface area (Å²) in [5.41, 5.74) is 6.38. The van der Waals surface area contributed by atoms with Crippen molar-refractivity contribution in [3.63, 3.8) is 0 Å². The number of nitrogens with one attached hydrogen (secondary N) is 1. The largest absolute Gasteiger partial charge is 0.389 e. The zero-order valence-corrected chi connectivity index (χ0v) is 14.1. The molecule has 1 rings (SSSR count). The molecule has 1 aromatic carbocycles. The number of anilines is 1. The zero-order valence-electron chi connectivity index (χ0n) is 11.7. The molecule has 0 saturated heterocycles. The van der Waals surface area contributed by atoms with E-state index in [0.29, 0.717) is 17.7 Å². The maximum absolute atomic E-state index is 12.0. The molecule has 0 fully saturated rings. The minimum absolute atomic E-state index is 0.0455. The first-order valence-electron chi connectivity index (χ1n) is 6.10. The fraction of sp³-hybridized carbons (Fsp3) is 0.462. The Labute approximate surface area is 130 Å². The number of hydrogen-bond donors (Lipinski definition) is 2. The molecule has 20 heavy (non-hydrogen) atoms. The normalized spacial score (nSPS) is 12.2. The second-order valence-corrected chi connectivity index (χ2v) is 8.48. The van der Waals surface area contributed by atoms with Crippen molar-refractivity contribution >= 4 is 44.5 Å². The molecular formula is C13H19ClN2O2S2. The number of nitrogens with two attached hydrogens (primary N) is 1. The molecule has 1 aromatic rings. The number of thiocarbonyl (C=S) groups is 1. The van der Waals surface area contributed by atoms with E-state index in [2.05, 4.69) is 4.72 Å². The molecule has 0 bridgehead atoms. The van der Waals surface area contributed by atoms with E-state index in [1.54, 1.807) is 18.2 Å². The van der Waals surface area contributed by atoms with Gasteiger partial charge in [-0.25, -0.2) is 8.42 Å². The highest BCUT2D eigenvalue weighted by Crippen LogP contribution is 2.25. The van der Waals surface area contributed by atoms with Crippen LogP contribution in [-0.2, 0) is 10.0 Å². The lowest BCUT2D eigenvalue weighted by Gasteiger charge is -2.18. The van der Waals surface area contributed by atoms with E-state index in [1.165, 1.54) is 0 Å². The molecule has 4 nitrogen and oxygen atoms in total. The fourth-order valence-corrected chi connectivity index (χ4v) is 3.32. The molecule has 0 radical (unpaired) electrons. The van der Waals surface area contributed by atoms with Crippen LogP contribution in [0.1, 0.15) is 32.8 Å². The average Bonchev–Trinajstić information content (AvgIpc) is 2.28. The predicted molar refractivity (Wildman–Crippen MR) is 88.8 cm³/mol. The second kappa shape index (κ2) is 6.28. The lowest BCUT2D eigenvalue weighted by atomic mass is 9.94. The Hall–Kier alpha value is -0.850. The molecule has 0 aromatic heterocycles. The summed E-state index contributed by atoms with van der Waals surface area (Å²) in [6.45, 7) is 5.98. The van der Waals surface area contributed by atoms with Crippen LogP contribution in [0.3, 0.4) is 0 Å². The van der Waals surface area contributed by atoms with Crippen LogP contribution >= 0.6 is 23.8 Å². The summed E-state index contributed by atoms with van der Waals surface area (Å²) in [5, 5.41) is 0.273. The third-order valence-electron chi connectivity index (χ3n) is 2.64. The first-order valence-corrected chi connectivity index (χ1v) is 8.54. The molecule has 7 heteroatoms. The van der Waals surface area contributed by atoms with Crippen LogP contribution < -0.4 is 10.5 Å². The Bertz CT molecular complexity index is 607. The van der Waals surface area contributed by atoms with Gasteiger partial charge in [-0.05, 0) is 30.0 Å². The van der Waals surface area contributed by atoms with Crippen molar-refractivity contribution < 1.29 is 8.42 Å². The smallest absolute Gasteiger partial charge is 0.232 e. The number of sulfonamides is 1. The zero-order chi connectivity index (χ0) is 15.6. The maximum atomic E-state index is 12.0. The number of halogens is 1. The van der Waals surface area contributed by atoms with Crippen LogP contribution in [-0.4, -0.2) is 19.2 Å². The Morgan fingerprint density at radius 2 is 2.00 bits per heavy atom. The summed E-state index contributed by atoms with van der Waals surface area (Å²) in [7, 11) is -3.42. The van der Waals surface area contributed by atoms with Gasteiger partial charge in [-0.1, -0.05) is 44.6 Å². The Morgan fingerprint density at radius 3 is 2.45 bits per heavy atom. The average molecular weight is 335 g/mol.